The van der Waals surface area contributed by atoms with Crippen LogP contribution >= 0.6 is 0 Å². The number of anilines is 1. The highest BCUT2D eigenvalue weighted by Crippen LogP contribution is 2.10. The molecule has 0 atom stereocenters. The van der Waals surface area contributed by atoms with Crippen LogP contribution in [0.2, 0.25) is 0 Å². The fraction of sp³-hybridized carbons (Fsp3) is 0.300. The molecule has 0 aromatic heterocycles. The van der Waals surface area contributed by atoms with Crippen molar-refractivity contribution < 1.29 is 14.4 Å². The molecule has 0 amide bonds. The number of hydrogen-bond donors (Lipinski definition) is 1. The Morgan fingerprint density at radius 1 is 1.50 bits per heavy atom. The summed E-state index contributed by atoms with van der Waals surface area (Å²) < 4.78 is 4.82. The maximum atomic E-state index is 11.3. The molecule has 16 heavy (non-hydrogen) atoms. The highest BCUT2D eigenvalue weighted by atomic mass is 16.5. The fourth-order valence-corrected chi connectivity index (χ4v) is 1.02. The Balaban J connectivity index is 2.68. The molecule has 6 heteroatoms. The van der Waals surface area contributed by atoms with E-state index in [0.29, 0.717) is 22.7 Å². The van der Waals surface area contributed by atoms with Gasteiger partial charge in [-0.25, -0.2) is 4.79 Å². The molecule has 0 bridgehead atoms. The summed E-state index contributed by atoms with van der Waals surface area (Å²) in [5.41, 5.74) is 3.61. The minimum Gasteiger partial charge on any atom is -0.696 e. The van der Waals surface area contributed by atoms with Crippen LogP contribution in [0.5, 0.6) is 0 Å². The molecule has 0 spiro atoms. The van der Waals surface area contributed by atoms with Gasteiger partial charge in [0.25, 0.3) is 0 Å². The van der Waals surface area contributed by atoms with Gasteiger partial charge in [0.15, 0.2) is 0 Å². The normalized spacial score (nSPS) is 11.0. The van der Waals surface area contributed by atoms with Crippen LogP contribution in [0.4, 0.5) is 5.69 Å². The Morgan fingerprint density at radius 3 is 2.62 bits per heavy atom. The van der Waals surface area contributed by atoms with Gasteiger partial charge in [-0.05, 0) is 31.2 Å². The monoisotopic (exact) mass is 223 g/mol. The van der Waals surface area contributed by atoms with Gasteiger partial charge in [-0.15, -0.1) is 5.43 Å². The number of carbonyl (C=O) groups excluding carboxylic acids is 1. The van der Waals surface area contributed by atoms with Gasteiger partial charge >= 0.3 is 5.97 Å². The summed E-state index contributed by atoms with van der Waals surface area (Å²) in [6, 6.07) is 6.47. The lowest BCUT2D eigenvalue weighted by atomic mass is 10.2. The van der Waals surface area contributed by atoms with E-state index in [1.807, 2.05) is 0 Å². The molecule has 0 saturated heterocycles. The number of esters is 1. The van der Waals surface area contributed by atoms with E-state index in [2.05, 4.69) is 10.6 Å². The molecule has 0 radical (unpaired) electrons. The number of nitrogens with one attached hydrogen (secondary N) is 1. The Labute approximate surface area is 93.1 Å². The van der Waals surface area contributed by atoms with Gasteiger partial charge in [0.2, 0.25) is 0 Å². The third kappa shape index (κ3) is 3.56. The highest BCUT2D eigenvalue weighted by molar-refractivity contribution is 5.89. The third-order valence-corrected chi connectivity index (χ3v) is 1.72. The summed E-state index contributed by atoms with van der Waals surface area (Å²) in [4.78, 5) is 11.7. The molecule has 6 nitrogen and oxygen atoms in total. The molecule has 86 valence electrons. The first-order valence-electron chi connectivity index (χ1n) is 4.78. The summed E-state index contributed by atoms with van der Waals surface area (Å²) in [6.07, 6.45) is 0. The van der Waals surface area contributed by atoms with Crippen molar-refractivity contribution in [3.05, 3.63) is 35.0 Å². The number of hydrogen-bond acceptors (Lipinski definition) is 4. The molecular weight excluding hydrogens is 210 g/mol. The third-order valence-electron chi connectivity index (χ3n) is 1.72. The van der Waals surface area contributed by atoms with E-state index in [0.717, 1.165) is 0 Å². The largest absolute Gasteiger partial charge is 0.696 e. The lowest BCUT2D eigenvalue weighted by molar-refractivity contribution is -0.497. The number of carbonyl (C=O) groups is 1. The highest BCUT2D eigenvalue weighted by Gasteiger charge is 2.06. The molecule has 0 aliphatic carbocycles. The summed E-state index contributed by atoms with van der Waals surface area (Å²) in [5.74, 6) is -0.369. The number of nitrogens with zero attached hydrogens (tertiary/aromatic N) is 2. The molecule has 1 rings (SSSR count). The molecule has 0 fully saturated rings. The van der Waals surface area contributed by atoms with Crippen LogP contribution in [-0.4, -0.2) is 24.5 Å². The minimum absolute atomic E-state index is 0.342. The van der Waals surface area contributed by atoms with Crippen molar-refractivity contribution in [2.45, 2.75) is 6.92 Å². The Morgan fingerprint density at radius 2 is 2.12 bits per heavy atom. The standard InChI is InChI=1S/C10H13N3O3/c1-3-16-10(14)8-4-6-9(7-5-8)11-12-13(2)15/h4-7,11H,3H2,1-2H3. The van der Waals surface area contributed by atoms with Gasteiger partial charge in [0.1, 0.15) is 12.7 Å². The SMILES string of the molecule is CCOC(=O)c1ccc(NN=[N+](C)[O-])cc1. The van der Waals surface area contributed by atoms with Crippen molar-refractivity contribution in [1.29, 1.82) is 0 Å². The smallest absolute Gasteiger partial charge is 0.338 e. The van der Waals surface area contributed by atoms with Crippen LogP contribution in [0, 0.1) is 5.21 Å². The van der Waals surface area contributed by atoms with Gasteiger partial charge < -0.3 is 9.94 Å². The lowest BCUT2D eigenvalue weighted by Crippen LogP contribution is -2.04. The fourth-order valence-electron chi connectivity index (χ4n) is 1.02. The van der Waals surface area contributed by atoms with Crippen molar-refractivity contribution in [1.82, 2.24) is 0 Å². The van der Waals surface area contributed by atoms with Crippen molar-refractivity contribution in [2.24, 2.45) is 5.22 Å². The van der Waals surface area contributed by atoms with Gasteiger partial charge in [-0.3, -0.25) is 0 Å². The first kappa shape index (κ1) is 12.0. The summed E-state index contributed by atoms with van der Waals surface area (Å²) in [5, 5.41) is 13.9. The Kier molecular flexibility index (Phi) is 4.26. The van der Waals surface area contributed by atoms with Crippen molar-refractivity contribution in [3.63, 3.8) is 0 Å². The van der Waals surface area contributed by atoms with Crippen molar-refractivity contribution in [2.75, 3.05) is 19.1 Å². The molecule has 0 unspecified atom stereocenters. The van der Waals surface area contributed by atoms with Crippen LogP contribution in [-0.2, 0) is 4.74 Å². The van der Waals surface area contributed by atoms with Gasteiger partial charge in [-0.1, -0.05) is 0 Å². The topological polar surface area (TPSA) is 76.8 Å². The maximum absolute atomic E-state index is 11.3. The molecule has 0 aliphatic heterocycles. The minimum atomic E-state index is -0.369. The maximum Gasteiger partial charge on any atom is 0.338 e. The van der Waals surface area contributed by atoms with Crippen LogP contribution in [0.1, 0.15) is 17.3 Å². The number of benzene rings is 1. The zero-order valence-electron chi connectivity index (χ0n) is 9.14. The van der Waals surface area contributed by atoms with E-state index in [-0.39, 0.29) is 5.97 Å². The molecule has 0 saturated carbocycles. The predicted octanol–water partition coefficient (Wildman–Crippen LogP) is 1.78. The molecule has 1 N–H and O–H groups in total. The first-order valence-corrected chi connectivity index (χ1v) is 4.78. The van der Waals surface area contributed by atoms with Crippen LogP contribution in [0.15, 0.2) is 29.5 Å². The molecule has 0 heterocycles. The van der Waals surface area contributed by atoms with E-state index in [1.165, 1.54) is 7.05 Å². The lowest BCUT2D eigenvalue weighted by Gasteiger charge is -2.01. The summed E-state index contributed by atoms with van der Waals surface area (Å²) in [7, 11) is 1.26. The van der Waals surface area contributed by atoms with Gasteiger partial charge in [0.05, 0.1) is 17.4 Å². The Bertz CT molecular complexity index is 383. The van der Waals surface area contributed by atoms with Gasteiger partial charge in [-0.2, -0.15) is 4.86 Å². The van der Waals surface area contributed by atoms with E-state index in [1.54, 1.807) is 31.2 Å². The zero-order valence-corrected chi connectivity index (χ0v) is 9.14. The van der Waals surface area contributed by atoms with Gasteiger partial charge in [0, 0.05) is 0 Å². The first-order chi connectivity index (χ1) is 7.63. The van der Waals surface area contributed by atoms with Crippen molar-refractivity contribution >= 4 is 11.7 Å². The number of ether oxygens (including phenoxy) is 1. The number of rotatable bonds is 4. The summed E-state index contributed by atoms with van der Waals surface area (Å²) >= 11 is 0. The predicted molar refractivity (Wildman–Crippen MR) is 58.0 cm³/mol. The molecular formula is C10H13N3O3. The van der Waals surface area contributed by atoms with Crippen molar-refractivity contribution in [3.8, 4) is 0 Å². The van der Waals surface area contributed by atoms with E-state index >= 15 is 0 Å². The molecule has 1 aromatic carbocycles. The average molecular weight is 223 g/mol. The average Bonchev–Trinajstić information content (AvgIpc) is 2.27. The van der Waals surface area contributed by atoms with E-state index in [9.17, 15) is 10.0 Å². The second-order valence-corrected chi connectivity index (χ2v) is 2.97. The molecule has 0 aliphatic rings. The molecule has 1 aromatic rings. The van der Waals surface area contributed by atoms with Crippen LogP contribution < -0.4 is 5.43 Å². The van der Waals surface area contributed by atoms with E-state index < -0.39 is 0 Å². The van der Waals surface area contributed by atoms with E-state index in [4.69, 9.17) is 4.74 Å². The van der Waals surface area contributed by atoms with Crippen LogP contribution in [0.25, 0.3) is 0 Å². The van der Waals surface area contributed by atoms with Crippen LogP contribution in [0.3, 0.4) is 0 Å². The number of hydroxylamine groups is 1. The second-order valence-electron chi connectivity index (χ2n) is 2.97. The Hall–Kier alpha value is -2.11. The quantitative estimate of drug-likeness (QED) is 0.365. The zero-order chi connectivity index (χ0) is 12.0. The summed E-state index contributed by atoms with van der Waals surface area (Å²) in [6.45, 7) is 2.09. The second kappa shape index (κ2) is 5.69.